The normalized spacial score (nSPS) is 16.9. The minimum absolute atomic E-state index is 0.00265. The van der Waals surface area contributed by atoms with Crippen LogP contribution in [0.25, 0.3) is 0 Å². The van der Waals surface area contributed by atoms with Crippen LogP contribution in [-0.2, 0) is 6.18 Å². The average Bonchev–Trinajstić information content (AvgIpc) is 2.40. The van der Waals surface area contributed by atoms with Gasteiger partial charge in [0, 0.05) is 24.8 Å². The number of urea groups is 1. The summed E-state index contributed by atoms with van der Waals surface area (Å²) in [6.45, 7) is 0.986. The molecule has 1 aliphatic heterocycles. The van der Waals surface area contributed by atoms with Gasteiger partial charge in [-0.15, -0.1) is 0 Å². The molecule has 0 aliphatic carbocycles. The molecule has 1 saturated heterocycles. The molecule has 1 fully saturated rings. The zero-order valence-electron chi connectivity index (χ0n) is 11.1. The van der Waals surface area contributed by atoms with Crippen LogP contribution in [0.15, 0.2) is 18.2 Å². The molecule has 1 aromatic carbocycles. The van der Waals surface area contributed by atoms with Crippen LogP contribution >= 0.6 is 11.6 Å². The molecule has 8 heteroatoms. The van der Waals surface area contributed by atoms with Gasteiger partial charge in [0.1, 0.15) is 0 Å². The fourth-order valence-corrected chi connectivity index (χ4v) is 2.54. The number of anilines is 1. The number of amides is 2. The monoisotopic (exact) mass is 321 g/mol. The number of primary amides is 1. The van der Waals surface area contributed by atoms with Crippen molar-refractivity contribution in [3.8, 4) is 0 Å². The van der Waals surface area contributed by atoms with Gasteiger partial charge in [-0.25, -0.2) is 4.79 Å². The fraction of sp³-hybridized carbons (Fsp3) is 0.462. The summed E-state index contributed by atoms with van der Waals surface area (Å²) in [4.78, 5) is 12.5. The Kier molecular flexibility index (Phi) is 4.51. The molecule has 0 atom stereocenters. The maximum atomic E-state index is 12.8. The molecule has 0 spiro atoms. The predicted molar refractivity (Wildman–Crippen MR) is 74.3 cm³/mol. The number of likely N-dealkylation sites (tertiary alicyclic amines) is 1. The summed E-state index contributed by atoms with van der Waals surface area (Å²) in [5.41, 5.74) is 4.68. The minimum Gasteiger partial charge on any atom is -0.382 e. The van der Waals surface area contributed by atoms with Gasteiger partial charge in [0.25, 0.3) is 0 Å². The van der Waals surface area contributed by atoms with Gasteiger partial charge in [-0.2, -0.15) is 13.2 Å². The lowest BCUT2D eigenvalue weighted by Gasteiger charge is -2.31. The number of carbonyl (C=O) groups excluding carboxylic acids is 1. The Bertz CT molecular complexity index is 528. The molecule has 0 unspecified atom stereocenters. The minimum atomic E-state index is -4.48. The first-order chi connectivity index (χ1) is 9.77. The zero-order valence-corrected chi connectivity index (χ0v) is 11.8. The number of carbonyl (C=O) groups is 1. The molecule has 116 valence electrons. The maximum absolute atomic E-state index is 12.8. The van der Waals surface area contributed by atoms with Crippen LogP contribution in [0.5, 0.6) is 0 Å². The van der Waals surface area contributed by atoms with Gasteiger partial charge >= 0.3 is 12.2 Å². The lowest BCUT2D eigenvalue weighted by Crippen LogP contribution is -2.44. The smallest absolute Gasteiger partial charge is 0.382 e. The number of nitrogens with two attached hydrogens (primary N) is 1. The van der Waals surface area contributed by atoms with E-state index in [1.807, 2.05) is 0 Å². The highest BCUT2D eigenvalue weighted by Crippen LogP contribution is 2.36. The van der Waals surface area contributed by atoms with E-state index in [-0.39, 0.29) is 11.1 Å². The van der Waals surface area contributed by atoms with Crippen molar-refractivity contribution in [1.82, 2.24) is 4.90 Å². The average molecular weight is 322 g/mol. The molecule has 4 nitrogen and oxygen atoms in total. The quantitative estimate of drug-likeness (QED) is 0.878. The second kappa shape index (κ2) is 6.01. The van der Waals surface area contributed by atoms with E-state index in [9.17, 15) is 18.0 Å². The van der Waals surface area contributed by atoms with Crippen molar-refractivity contribution in [2.45, 2.75) is 25.1 Å². The molecule has 1 heterocycles. The molecule has 21 heavy (non-hydrogen) atoms. The molecule has 2 rings (SSSR count). The summed E-state index contributed by atoms with van der Waals surface area (Å²) in [5.74, 6) is 0. The Labute approximate surface area is 125 Å². The number of nitrogens with one attached hydrogen (secondary N) is 1. The van der Waals surface area contributed by atoms with E-state index < -0.39 is 17.8 Å². The summed E-state index contributed by atoms with van der Waals surface area (Å²) in [6, 6.07) is 3.27. The van der Waals surface area contributed by atoms with Crippen LogP contribution < -0.4 is 11.1 Å². The Morgan fingerprint density at radius 3 is 2.48 bits per heavy atom. The van der Waals surface area contributed by atoms with Crippen LogP contribution in [0.1, 0.15) is 18.4 Å². The van der Waals surface area contributed by atoms with Crippen molar-refractivity contribution in [1.29, 1.82) is 0 Å². The van der Waals surface area contributed by atoms with Gasteiger partial charge in [0.05, 0.1) is 10.6 Å². The first kappa shape index (κ1) is 15.8. The van der Waals surface area contributed by atoms with Crippen LogP contribution in [0.4, 0.5) is 23.7 Å². The fourth-order valence-electron chi connectivity index (χ4n) is 2.31. The van der Waals surface area contributed by atoms with Gasteiger partial charge in [0.2, 0.25) is 0 Å². The third-order valence-electron chi connectivity index (χ3n) is 3.45. The Hall–Kier alpha value is -1.63. The highest BCUT2D eigenvalue weighted by atomic mass is 35.5. The summed E-state index contributed by atoms with van der Waals surface area (Å²) >= 11 is 5.57. The van der Waals surface area contributed by atoms with E-state index in [2.05, 4.69) is 5.32 Å². The molecule has 0 radical (unpaired) electrons. The van der Waals surface area contributed by atoms with Gasteiger partial charge in [-0.05, 0) is 31.0 Å². The van der Waals surface area contributed by atoms with Crippen molar-refractivity contribution >= 4 is 23.3 Å². The van der Waals surface area contributed by atoms with Crippen LogP contribution in [0.2, 0.25) is 5.02 Å². The summed E-state index contributed by atoms with van der Waals surface area (Å²) in [6.07, 6.45) is -3.22. The summed E-state index contributed by atoms with van der Waals surface area (Å²) in [7, 11) is 0. The van der Waals surface area contributed by atoms with E-state index >= 15 is 0 Å². The molecule has 0 bridgehead atoms. The maximum Gasteiger partial charge on any atom is 0.417 e. The molecule has 3 N–H and O–H groups in total. The first-order valence-corrected chi connectivity index (χ1v) is 6.83. The number of rotatable bonds is 2. The van der Waals surface area contributed by atoms with Crippen molar-refractivity contribution in [3.05, 3.63) is 28.8 Å². The molecular weight excluding hydrogens is 307 g/mol. The number of hydrogen-bond acceptors (Lipinski definition) is 2. The Morgan fingerprint density at radius 2 is 1.95 bits per heavy atom. The van der Waals surface area contributed by atoms with Crippen LogP contribution in [0.3, 0.4) is 0 Å². The van der Waals surface area contributed by atoms with Crippen molar-refractivity contribution < 1.29 is 18.0 Å². The molecule has 1 aromatic rings. The van der Waals surface area contributed by atoms with Crippen molar-refractivity contribution in [2.75, 3.05) is 18.4 Å². The van der Waals surface area contributed by atoms with Crippen molar-refractivity contribution in [3.63, 3.8) is 0 Å². The predicted octanol–water partition coefficient (Wildman–Crippen LogP) is 3.31. The van der Waals surface area contributed by atoms with E-state index in [1.165, 1.54) is 17.0 Å². The SMILES string of the molecule is NC(=O)N1CCC(Nc2ccc(Cl)c(C(F)(F)F)c2)CC1. The van der Waals surface area contributed by atoms with Gasteiger partial charge < -0.3 is 16.0 Å². The Morgan fingerprint density at radius 1 is 1.33 bits per heavy atom. The third-order valence-corrected chi connectivity index (χ3v) is 3.78. The van der Waals surface area contributed by atoms with E-state index in [1.54, 1.807) is 0 Å². The van der Waals surface area contributed by atoms with E-state index in [0.29, 0.717) is 31.6 Å². The number of hydrogen-bond donors (Lipinski definition) is 2. The van der Waals surface area contributed by atoms with E-state index in [4.69, 9.17) is 17.3 Å². The largest absolute Gasteiger partial charge is 0.417 e. The van der Waals surface area contributed by atoms with Gasteiger partial charge in [-0.1, -0.05) is 11.6 Å². The number of halogens is 4. The highest BCUT2D eigenvalue weighted by molar-refractivity contribution is 6.31. The standard InChI is InChI=1S/C13H15ClF3N3O/c14-11-2-1-9(7-10(11)13(15,16)17)19-8-3-5-20(6-4-8)12(18)21/h1-2,7-8,19H,3-6H2,(H2,18,21). The number of piperidine rings is 1. The molecule has 0 saturated carbocycles. The second-order valence-corrected chi connectivity index (χ2v) is 5.34. The highest BCUT2D eigenvalue weighted by Gasteiger charge is 2.33. The zero-order chi connectivity index (χ0) is 15.6. The Balaban J connectivity index is 2.03. The number of alkyl halides is 3. The lowest BCUT2D eigenvalue weighted by atomic mass is 10.0. The first-order valence-electron chi connectivity index (χ1n) is 6.45. The molecular formula is C13H15ClF3N3O. The summed E-state index contributed by atoms with van der Waals surface area (Å²) in [5, 5.41) is 2.72. The summed E-state index contributed by atoms with van der Waals surface area (Å²) < 4.78 is 38.3. The number of benzene rings is 1. The molecule has 1 aliphatic rings. The van der Waals surface area contributed by atoms with Gasteiger partial charge in [0.15, 0.2) is 0 Å². The van der Waals surface area contributed by atoms with Crippen LogP contribution in [0, 0.1) is 0 Å². The van der Waals surface area contributed by atoms with Crippen molar-refractivity contribution in [2.24, 2.45) is 5.73 Å². The molecule has 0 aromatic heterocycles. The van der Waals surface area contributed by atoms with E-state index in [0.717, 1.165) is 6.07 Å². The number of nitrogens with zero attached hydrogens (tertiary/aromatic N) is 1. The van der Waals surface area contributed by atoms with Gasteiger partial charge in [-0.3, -0.25) is 0 Å². The molecule has 2 amide bonds. The lowest BCUT2D eigenvalue weighted by molar-refractivity contribution is -0.137. The third kappa shape index (κ3) is 3.93. The van der Waals surface area contributed by atoms with Crippen LogP contribution in [-0.4, -0.2) is 30.1 Å². The topological polar surface area (TPSA) is 58.4 Å². The second-order valence-electron chi connectivity index (χ2n) is 4.94.